The third-order valence-electron chi connectivity index (χ3n) is 3.36. The average molecular weight is 399 g/mol. The summed E-state index contributed by atoms with van der Waals surface area (Å²) < 4.78 is 27.4. The summed E-state index contributed by atoms with van der Waals surface area (Å²) in [6.07, 6.45) is 0.393. The van der Waals surface area contributed by atoms with Crippen LogP contribution in [0.4, 0.5) is 14.5 Å². The van der Waals surface area contributed by atoms with E-state index in [1.54, 1.807) is 18.7 Å². The van der Waals surface area contributed by atoms with Crippen molar-refractivity contribution in [3.05, 3.63) is 51.9 Å². The number of nitrogens with one attached hydrogen (secondary N) is 2. The minimum Gasteiger partial charge on any atom is -0.320 e. The summed E-state index contributed by atoms with van der Waals surface area (Å²) in [7, 11) is 0. The van der Waals surface area contributed by atoms with Gasteiger partial charge >= 0.3 is 0 Å². The second kappa shape index (κ2) is 9.72. The lowest BCUT2D eigenvalue weighted by atomic mass is 10.2. The Kier molecular flexibility index (Phi) is 7.65. The van der Waals surface area contributed by atoms with Crippen LogP contribution in [0, 0.1) is 11.6 Å². The van der Waals surface area contributed by atoms with E-state index in [-0.39, 0.29) is 5.56 Å². The number of amides is 1. The fraction of sp³-hybridized carbons (Fsp3) is 0.353. The van der Waals surface area contributed by atoms with Crippen LogP contribution in [-0.2, 0) is 10.5 Å². The van der Waals surface area contributed by atoms with Gasteiger partial charge in [0.1, 0.15) is 17.3 Å². The molecule has 0 spiro atoms. The maximum absolute atomic E-state index is 13.7. The Labute approximate surface area is 158 Å². The predicted molar refractivity (Wildman–Crippen MR) is 102 cm³/mol. The molecule has 9 heteroatoms. The zero-order valence-electron chi connectivity index (χ0n) is 14.3. The van der Waals surface area contributed by atoms with E-state index in [0.29, 0.717) is 23.0 Å². The molecule has 0 aliphatic carbocycles. The number of aromatic amines is 1. The molecule has 0 aliphatic rings. The number of rotatable bonds is 8. The standard InChI is InChI=1S/C17H19F2N3O2S2/c1-3-13(16(24)22-15-11(18)6-5-7-12(15)19)26-17-20-10(9-25-4-2)8-14(23)21-17/h5-8,13H,3-4,9H2,1-2H3,(H,22,24)(H,20,21,23). The third-order valence-corrected chi connectivity index (χ3v) is 5.51. The first-order chi connectivity index (χ1) is 12.4. The van der Waals surface area contributed by atoms with Gasteiger partial charge in [-0.2, -0.15) is 11.8 Å². The maximum Gasteiger partial charge on any atom is 0.251 e. The van der Waals surface area contributed by atoms with Crippen LogP contribution in [-0.4, -0.2) is 26.9 Å². The van der Waals surface area contributed by atoms with Crippen molar-refractivity contribution in [2.45, 2.75) is 36.4 Å². The summed E-state index contributed by atoms with van der Waals surface area (Å²) in [6.45, 7) is 3.77. The molecule has 0 aliphatic heterocycles. The Morgan fingerprint density at radius 2 is 2.00 bits per heavy atom. The van der Waals surface area contributed by atoms with Gasteiger partial charge in [-0.3, -0.25) is 9.59 Å². The highest BCUT2D eigenvalue weighted by Gasteiger charge is 2.22. The van der Waals surface area contributed by atoms with E-state index in [0.717, 1.165) is 29.6 Å². The van der Waals surface area contributed by atoms with Gasteiger partial charge in [-0.25, -0.2) is 13.8 Å². The number of halogens is 2. The zero-order chi connectivity index (χ0) is 19.1. The van der Waals surface area contributed by atoms with Crippen molar-refractivity contribution in [3.8, 4) is 0 Å². The van der Waals surface area contributed by atoms with Crippen LogP contribution < -0.4 is 10.9 Å². The molecule has 1 heterocycles. The molecule has 0 saturated heterocycles. The molecular weight excluding hydrogens is 380 g/mol. The second-order valence-corrected chi connectivity index (χ2v) is 7.75. The van der Waals surface area contributed by atoms with Gasteiger partial charge in [-0.1, -0.05) is 31.7 Å². The molecule has 0 radical (unpaired) electrons. The molecule has 140 valence electrons. The van der Waals surface area contributed by atoms with E-state index in [2.05, 4.69) is 15.3 Å². The first kappa shape index (κ1) is 20.4. The topological polar surface area (TPSA) is 74.8 Å². The van der Waals surface area contributed by atoms with E-state index in [9.17, 15) is 18.4 Å². The summed E-state index contributed by atoms with van der Waals surface area (Å²) >= 11 is 2.68. The number of H-pyrrole nitrogens is 1. The van der Waals surface area contributed by atoms with Gasteiger partial charge in [0.25, 0.3) is 5.56 Å². The van der Waals surface area contributed by atoms with E-state index >= 15 is 0 Å². The van der Waals surface area contributed by atoms with Crippen molar-refractivity contribution in [3.63, 3.8) is 0 Å². The SMILES string of the molecule is CCSCc1cc(=O)[nH]c(SC(CC)C(=O)Nc2c(F)cccc2F)n1. The zero-order valence-corrected chi connectivity index (χ0v) is 16.0. The molecule has 5 nitrogen and oxygen atoms in total. The van der Waals surface area contributed by atoms with Gasteiger partial charge < -0.3 is 10.3 Å². The van der Waals surface area contributed by atoms with E-state index < -0.39 is 28.5 Å². The highest BCUT2D eigenvalue weighted by atomic mass is 32.2. The Balaban J connectivity index is 2.14. The van der Waals surface area contributed by atoms with Gasteiger partial charge in [-0.05, 0) is 24.3 Å². The molecule has 2 N–H and O–H groups in total. The van der Waals surface area contributed by atoms with Crippen LogP contribution in [0.5, 0.6) is 0 Å². The molecule has 1 aromatic heterocycles. The van der Waals surface area contributed by atoms with Crippen LogP contribution in [0.3, 0.4) is 0 Å². The number of thioether (sulfide) groups is 2. The minimum absolute atomic E-state index is 0.301. The van der Waals surface area contributed by atoms with Gasteiger partial charge in [-0.15, -0.1) is 0 Å². The number of para-hydroxylation sites is 1. The number of nitrogens with zero attached hydrogens (tertiary/aromatic N) is 1. The lowest BCUT2D eigenvalue weighted by Gasteiger charge is -2.15. The first-order valence-corrected chi connectivity index (χ1v) is 10.1. The summed E-state index contributed by atoms with van der Waals surface area (Å²) in [5.74, 6) is -0.758. The molecule has 0 bridgehead atoms. The number of anilines is 1. The molecule has 1 aromatic carbocycles. The van der Waals surface area contributed by atoms with Gasteiger partial charge in [0.05, 0.1) is 10.9 Å². The smallest absolute Gasteiger partial charge is 0.251 e. The van der Waals surface area contributed by atoms with Crippen molar-refractivity contribution < 1.29 is 13.6 Å². The van der Waals surface area contributed by atoms with Gasteiger partial charge in [0, 0.05) is 11.8 Å². The Bertz CT molecular complexity index is 810. The van der Waals surface area contributed by atoms with Gasteiger partial charge in [0.15, 0.2) is 5.16 Å². The number of carbonyl (C=O) groups is 1. The minimum atomic E-state index is -0.844. The third kappa shape index (κ3) is 5.57. The molecule has 2 rings (SSSR count). The van der Waals surface area contributed by atoms with Gasteiger partial charge in [0.2, 0.25) is 5.91 Å². The van der Waals surface area contributed by atoms with Crippen molar-refractivity contribution in [2.75, 3.05) is 11.1 Å². The normalized spacial score (nSPS) is 12.0. The number of aromatic nitrogens is 2. The number of hydrogen-bond donors (Lipinski definition) is 2. The number of carbonyl (C=O) groups excluding carboxylic acids is 1. The molecular formula is C17H19F2N3O2S2. The summed E-state index contributed by atoms with van der Waals surface area (Å²) in [4.78, 5) is 31.1. The van der Waals surface area contributed by atoms with Crippen molar-refractivity contribution in [2.24, 2.45) is 0 Å². The second-order valence-electron chi connectivity index (χ2n) is 5.28. The molecule has 1 amide bonds. The van der Waals surface area contributed by atoms with Crippen LogP contribution >= 0.6 is 23.5 Å². The van der Waals surface area contributed by atoms with Crippen LogP contribution in [0.2, 0.25) is 0 Å². The lowest BCUT2D eigenvalue weighted by Crippen LogP contribution is -2.26. The van der Waals surface area contributed by atoms with Crippen molar-refractivity contribution in [1.82, 2.24) is 9.97 Å². The summed E-state index contributed by atoms with van der Waals surface area (Å²) in [5.41, 5.74) is -0.158. The summed E-state index contributed by atoms with van der Waals surface area (Å²) in [6, 6.07) is 4.78. The van der Waals surface area contributed by atoms with Crippen LogP contribution in [0.25, 0.3) is 0 Å². The largest absolute Gasteiger partial charge is 0.320 e. The summed E-state index contributed by atoms with van der Waals surface area (Å²) in [5, 5.41) is 1.92. The van der Waals surface area contributed by atoms with Crippen LogP contribution in [0.1, 0.15) is 26.0 Å². The molecule has 1 unspecified atom stereocenters. The Morgan fingerprint density at radius 3 is 2.62 bits per heavy atom. The molecule has 1 atom stereocenters. The van der Waals surface area contributed by atoms with Crippen molar-refractivity contribution >= 4 is 35.1 Å². The molecule has 2 aromatic rings. The molecule has 0 fully saturated rings. The molecule has 26 heavy (non-hydrogen) atoms. The number of benzene rings is 1. The fourth-order valence-electron chi connectivity index (χ4n) is 2.10. The number of hydrogen-bond acceptors (Lipinski definition) is 5. The Morgan fingerprint density at radius 1 is 1.31 bits per heavy atom. The van der Waals surface area contributed by atoms with E-state index in [1.807, 2.05) is 6.92 Å². The average Bonchev–Trinajstić information content (AvgIpc) is 2.60. The van der Waals surface area contributed by atoms with E-state index in [1.165, 1.54) is 12.1 Å². The fourth-order valence-corrected chi connectivity index (χ4v) is 3.59. The molecule has 0 saturated carbocycles. The Hall–Kier alpha value is -1.87. The highest BCUT2D eigenvalue weighted by molar-refractivity contribution is 8.00. The predicted octanol–water partition coefficient (Wildman–Crippen LogP) is 3.81. The first-order valence-electron chi connectivity index (χ1n) is 8.04. The van der Waals surface area contributed by atoms with E-state index in [4.69, 9.17) is 0 Å². The quantitative estimate of drug-likeness (QED) is 0.522. The lowest BCUT2D eigenvalue weighted by molar-refractivity contribution is -0.115. The maximum atomic E-state index is 13.7. The monoisotopic (exact) mass is 399 g/mol. The highest BCUT2D eigenvalue weighted by Crippen LogP contribution is 2.25. The van der Waals surface area contributed by atoms with Crippen LogP contribution in [0.15, 0.2) is 34.2 Å². The van der Waals surface area contributed by atoms with Crippen molar-refractivity contribution in [1.29, 1.82) is 0 Å².